The van der Waals surface area contributed by atoms with E-state index in [1.165, 1.54) is 5.56 Å². The Morgan fingerprint density at radius 1 is 1.29 bits per heavy atom. The minimum atomic E-state index is 0.549. The van der Waals surface area contributed by atoms with Crippen molar-refractivity contribution in [2.45, 2.75) is 39.3 Å². The maximum atomic E-state index is 5.81. The largest absolute Gasteiger partial charge is 0.487 e. The van der Waals surface area contributed by atoms with E-state index in [2.05, 4.69) is 29.5 Å². The van der Waals surface area contributed by atoms with Crippen molar-refractivity contribution in [1.29, 1.82) is 0 Å². The topological polar surface area (TPSA) is 39.1 Å². The van der Waals surface area contributed by atoms with Crippen LogP contribution in [-0.2, 0) is 20.1 Å². The summed E-state index contributed by atoms with van der Waals surface area (Å²) in [6, 6.07) is 11.0. The van der Waals surface area contributed by atoms with E-state index < -0.39 is 0 Å². The minimum absolute atomic E-state index is 0.549. The lowest BCUT2D eigenvalue weighted by Crippen LogP contribution is -2.21. The molecule has 0 saturated heterocycles. The molecule has 4 heteroatoms. The maximum absolute atomic E-state index is 5.81. The number of nitrogens with zero attached hydrogens (tertiary/aromatic N) is 2. The highest BCUT2D eigenvalue weighted by atomic mass is 16.5. The third kappa shape index (κ3) is 4.60. The molecular formula is C17H25N3O. The highest BCUT2D eigenvalue weighted by molar-refractivity contribution is 5.27. The van der Waals surface area contributed by atoms with Crippen LogP contribution in [-0.4, -0.2) is 22.9 Å². The number of nitrogens with one attached hydrogen (secondary N) is 1. The molecule has 114 valence electrons. The molecule has 0 bridgehead atoms. The number of hydrogen-bond acceptors (Lipinski definition) is 3. The molecule has 0 radical (unpaired) electrons. The molecule has 1 unspecified atom stereocenters. The second kappa shape index (κ2) is 7.27. The van der Waals surface area contributed by atoms with Crippen LogP contribution >= 0.6 is 0 Å². The van der Waals surface area contributed by atoms with Crippen molar-refractivity contribution in [3.63, 3.8) is 0 Å². The van der Waals surface area contributed by atoms with Crippen molar-refractivity contribution >= 4 is 0 Å². The van der Waals surface area contributed by atoms with Gasteiger partial charge in [-0.05, 0) is 57.5 Å². The van der Waals surface area contributed by atoms with E-state index in [0.717, 1.165) is 30.0 Å². The van der Waals surface area contributed by atoms with Gasteiger partial charge in [-0.25, -0.2) is 0 Å². The van der Waals surface area contributed by atoms with Crippen LogP contribution in [0.1, 0.15) is 30.3 Å². The summed E-state index contributed by atoms with van der Waals surface area (Å²) in [7, 11) is 3.94. The summed E-state index contributed by atoms with van der Waals surface area (Å²) < 4.78 is 7.68. The summed E-state index contributed by atoms with van der Waals surface area (Å²) in [5, 5.41) is 7.58. The minimum Gasteiger partial charge on any atom is -0.487 e. The monoisotopic (exact) mass is 287 g/mol. The Labute approximate surface area is 127 Å². The van der Waals surface area contributed by atoms with Gasteiger partial charge in [-0.1, -0.05) is 12.1 Å². The summed E-state index contributed by atoms with van der Waals surface area (Å²) in [5.74, 6) is 0.902. The van der Waals surface area contributed by atoms with Crippen molar-refractivity contribution in [2.24, 2.45) is 7.05 Å². The molecule has 1 aromatic heterocycles. The first kappa shape index (κ1) is 15.6. The van der Waals surface area contributed by atoms with Crippen LogP contribution in [0.4, 0.5) is 0 Å². The fraction of sp³-hybridized carbons (Fsp3) is 0.471. The van der Waals surface area contributed by atoms with Gasteiger partial charge in [-0.15, -0.1) is 0 Å². The van der Waals surface area contributed by atoms with Crippen LogP contribution in [0.15, 0.2) is 30.3 Å². The fourth-order valence-corrected chi connectivity index (χ4v) is 2.24. The smallest absolute Gasteiger partial charge is 0.130 e. The number of aryl methyl sites for hydroxylation is 3. The number of hydrogen-bond donors (Lipinski definition) is 1. The van der Waals surface area contributed by atoms with E-state index in [9.17, 15) is 0 Å². The van der Waals surface area contributed by atoms with Gasteiger partial charge in [-0.2, -0.15) is 5.10 Å². The van der Waals surface area contributed by atoms with Crippen LogP contribution < -0.4 is 10.1 Å². The summed E-state index contributed by atoms with van der Waals surface area (Å²) in [6.45, 7) is 4.74. The Morgan fingerprint density at radius 2 is 2.00 bits per heavy atom. The number of aromatic nitrogens is 2. The van der Waals surface area contributed by atoms with Gasteiger partial charge < -0.3 is 10.1 Å². The molecule has 2 rings (SSSR count). The van der Waals surface area contributed by atoms with E-state index >= 15 is 0 Å². The zero-order valence-electron chi connectivity index (χ0n) is 13.4. The van der Waals surface area contributed by atoms with Crippen LogP contribution in [0.3, 0.4) is 0 Å². The van der Waals surface area contributed by atoms with Crippen LogP contribution in [0.25, 0.3) is 0 Å². The van der Waals surface area contributed by atoms with Gasteiger partial charge in [0.15, 0.2) is 0 Å². The van der Waals surface area contributed by atoms with E-state index in [-0.39, 0.29) is 0 Å². The summed E-state index contributed by atoms with van der Waals surface area (Å²) in [6.07, 6.45) is 2.23. The molecule has 4 nitrogen and oxygen atoms in total. The maximum Gasteiger partial charge on any atom is 0.130 e. The van der Waals surface area contributed by atoms with Crippen molar-refractivity contribution in [2.75, 3.05) is 7.05 Å². The Bertz CT molecular complexity index is 560. The standard InChI is InChI=1S/C17H25N3O/c1-13(18-3)5-6-15-7-9-17(10-8-15)21-12-16-11-14(2)19-20(16)4/h7-11,13,18H,5-6,12H2,1-4H3. The molecule has 0 amide bonds. The quantitative estimate of drug-likeness (QED) is 0.851. The van der Waals surface area contributed by atoms with Crippen LogP contribution in [0.2, 0.25) is 0 Å². The second-order valence-electron chi connectivity index (χ2n) is 5.56. The van der Waals surface area contributed by atoms with Crippen molar-refractivity contribution in [3.05, 3.63) is 47.3 Å². The first-order chi connectivity index (χ1) is 10.1. The van der Waals surface area contributed by atoms with Gasteiger partial charge in [-0.3, -0.25) is 4.68 Å². The lowest BCUT2D eigenvalue weighted by molar-refractivity contribution is 0.295. The van der Waals surface area contributed by atoms with Gasteiger partial charge >= 0.3 is 0 Å². The van der Waals surface area contributed by atoms with E-state index in [1.807, 2.05) is 43.9 Å². The first-order valence-electron chi connectivity index (χ1n) is 7.47. The Balaban J connectivity index is 1.86. The molecule has 0 fully saturated rings. The molecule has 0 aliphatic heterocycles. The van der Waals surface area contributed by atoms with Gasteiger partial charge in [0.05, 0.1) is 11.4 Å². The average Bonchev–Trinajstić information content (AvgIpc) is 2.81. The number of ether oxygens (including phenoxy) is 1. The summed E-state index contributed by atoms with van der Waals surface area (Å²) in [4.78, 5) is 0. The second-order valence-corrected chi connectivity index (χ2v) is 5.56. The summed E-state index contributed by atoms with van der Waals surface area (Å²) in [5.41, 5.74) is 3.45. The predicted octanol–water partition coefficient (Wildman–Crippen LogP) is 2.85. The van der Waals surface area contributed by atoms with Crippen LogP contribution in [0.5, 0.6) is 5.75 Å². The third-order valence-electron chi connectivity index (χ3n) is 3.77. The SMILES string of the molecule is CNC(C)CCc1ccc(OCc2cc(C)nn2C)cc1. The zero-order chi connectivity index (χ0) is 15.2. The lowest BCUT2D eigenvalue weighted by atomic mass is 10.1. The predicted molar refractivity (Wildman–Crippen MR) is 85.6 cm³/mol. The molecule has 1 atom stereocenters. The Hall–Kier alpha value is -1.81. The number of benzene rings is 1. The van der Waals surface area contributed by atoms with E-state index in [1.54, 1.807) is 0 Å². The van der Waals surface area contributed by atoms with Crippen molar-refractivity contribution < 1.29 is 4.74 Å². The molecule has 21 heavy (non-hydrogen) atoms. The average molecular weight is 287 g/mol. The molecular weight excluding hydrogens is 262 g/mol. The fourth-order valence-electron chi connectivity index (χ4n) is 2.24. The lowest BCUT2D eigenvalue weighted by Gasteiger charge is -2.10. The molecule has 0 saturated carbocycles. The van der Waals surface area contributed by atoms with Crippen molar-refractivity contribution in [3.8, 4) is 5.75 Å². The third-order valence-corrected chi connectivity index (χ3v) is 3.77. The van der Waals surface area contributed by atoms with E-state index in [0.29, 0.717) is 12.6 Å². The van der Waals surface area contributed by atoms with E-state index in [4.69, 9.17) is 4.74 Å². The molecule has 1 N–H and O–H groups in total. The normalized spacial score (nSPS) is 12.4. The van der Waals surface area contributed by atoms with Gasteiger partial charge in [0.25, 0.3) is 0 Å². The Kier molecular flexibility index (Phi) is 5.39. The van der Waals surface area contributed by atoms with Gasteiger partial charge in [0.2, 0.25) is 0 Å². The summed E-state index contributed by atoms with van der Waals surface area (Å²) >= 11 is 0. The molecule has 0 aliphatic carbocycles. The molecule has 1 aromatic carbocycles. The van der Waals surface area contributed by atoms with Crippen LogP contribution in [0, 0.1) is 6.92 Å². The van der Waals surface area contributed by atoms with Crippen molar-refractivity contribution in [1.82, 2.24) is 15.1 Å². The molecule has 2 aromatic rings. The molecule has 1 heterocycles. The zero-order valence-corrected chi connectivity index (χ0v) is 13.4. The van der Waals surface area contributed by atoms with Gasteiger partial charge in [0, 0.05) is 13.1 Å². The molecule has 0 spiro atoms. The highest BCUT2D eigenvalue weighted by Gasteiger charge is 2.04. The Morgan fingerprint density at radius 3 is 2.57 bits per heavy atom. The molecule has 0 aliphatic rings. The highest BCUT2D eigenvalue weighted by Crippen LogP contribution is 2.16. The number of rotatable bonds is 7. The van der Waals surface area contributed by atoms with Gasteiger partial charge in [0.1, 0.15) is 12.4 Å². The first-order valence-corrected chi connectivity index (χ1v) is 7.47.